The van der Waals surface area contributed by atoms with Gasteiger partial charge in [-0.15, -0.1) is 0 Å². The first-order chi connectivity index (χ1) is 7.65. The second kappa shape index (κ2) is 4.26. The molecule has 3 nitrogen and oxygen atoms in total. The van der Waals surface area contributed by atoms with Gasteiger partial charge in [-0.25, -0.2) is 0 Å². The number of benzene rings is 1. The van der Waals surface area contributed by atoms with E-state index in [9.17, 15) is 9.90 Å². The highest BCUT2D eigenvalue weighted by Gasteiger charge is 2.26. The summed E-state index contributed by atoms with van der Waals surface area (Å²) in [6, 6.07) is 5.76. The number of esters is 1. The molecule has 86 valence electrons. The van der Waals surface area contributed by atoms with E-state index in [0.717, 1.165) is 29.5 Å². The molecule has 0 bridgehead atoms. The van der Waals surface area contributed by atoms with Gasteiger partial charge in [-0.3, -0.25) is 4.79 Å². The van der Waals surface area contributed by atoms with Gasteiger partial charge in [0, 0.05) is 0 Å². The Hall–Kier alpha value is -1.35. The first kappa shape index (κ1) is 11.1. The van der Waals surface area contributed by atoms with Crippen LogP contribution in [0.1, 0.15) is 42.1 Å². The Bertz CT molecular complexity index is 412. The summed E-state index contributed by atoms with van der Waals surface area (Å²) in [5, 5.41) is 9.77. The van der Waals surface area contributed by atoms with Crippen LogP contribution in [0.5, 0.6) is 0 Å². The van der Waals surface area contributed by atoms with Gasteiger partial charge >= 0.3 is 5.97 Å². The Balaban J connectivity index is 2.40. The number of rotatable bonds is 2. The minimum absolute atomic E-state index is 0.227. The van der Waals surface area contributed by atoms with Crippen molar-refractivity contribution in [3.63, 3.8) is 0 Å². The molecule has 0 fully saturated rings. The number of carbonyl (C=O) groups is 1. The van der Waals surface area contributed by atoms with Crippen LogP contribution in [0.4, 0.5) is 0 Å². The molecule has 0 saturated carbocycles. The lowest BCUT2D eigenvalue weighted by atomic mass is 9.93. The summed E-state index contributed by atoms with van der Waals surface area (Å²) < 4.78 is 4.75. The number of hydrogen-bond acceptors (Lipinski definition) is 3. The molecule has 16 heavy (non-hydrogen) atoms. The Labute approximate surface area is 95.0 Å². The predicted molar refractivity (Wildman–Crippen MR) is 60.2 cm³/mol. The molecule has 1 N–H and O–H groups in total. The largest absolute Gasteiger partial charge is 0.469 e. The quantitative estimate of drug-likeness (QED) is 0.775. The SMILES string of the molecule is COC(=O)C(C)c1cccc2c1CCC2O. The van der Waals surface area contributed by atoms with E-state index in [1.54, 1.807) is 0 Å². The third-order valence-corrected chi connectivity index (χ3v) is 3.30. The highest BCUT2D eigenvalue weighted by Crippen LogP contribution is 2.36. The van der Waals surface area contributed by atoms with Crippen molar-refractivity contribution in [2.75, 3.05) is 7.11 Å². The van der Waals surface area contributed by atoms with Crippen molar-refractivity contribution in [3.05, 3.63) is 34.9 Å². The molecule has 0 radical (unpaired) electrons. The van der Waals surface area contributed by atoms with E-state index in [1.165, 1.54) is 7.11 Å². The Morgan fingerprint density at radius 1 is 1.56 bits per heavy atom. The van der Waals surface area contributed by atoms with Crippen molar-refractivity contribution in [1.82, 2.24) is 0 Å². The molecule has 0 spiro atoms. The van der Waals surface area contributed by atoms with Crippen molar-refractivity contribution in [2.45, 2.75) is 31.8 Å². The van der Waals surface area contributed by atoms with Gasteiger partial charge in [0.05, 0.1) is 19.1 Å². The molecule has 2 rings (SSSR count). The molecular weight excluding hydrogens is 204 g/mol. The van der Waals surface area contributed by atoms with Crippen LogP contribution in [0.2, 0.25) is 0 Å². The van der Waals surface area contributed by atoms with Gasteiger partial charge in [-0.2, -0.15) is 0 Å². The smallest absolute Gasteiger partial charge is 0.312 e. The van der Waals surface area contributed by atoms with Crippen LogP contribution in [0.3, 0.4) is 0 Å². The third kappa shape index (κ3) is 1.71. The summed E-state index contributed by atoms with van der Waals surface area (Å²) in [5.41, 5.74) is 3.07. The monoisotopic (exact) mass is 220 g/mol. The standard InChI is InChI=1S/C13H16O3/c1-8(13(15)16-2)9-4-3-5-11-10(9)6-7-12(11)14/h3-5,8,12,14H,6-7H2,1-2H3. The maximum atomic E-state index is 11.5. The van der Waals surface area contributed by atoms with Crippen LogP contribution in [0.25, 0.3) is 0 Å². The van der Waals surface area contributed by atoms with Gasteiger partial charge in [0.25, 0.3) is 0 Å². The number of aliphatic hydroxyl groups excluding tert-OH is 1. The number of fused-ring (bicyclic) bond motifs is 1. The maximum absolute atomic E-state index is 11.5. The molecule has 1 aromatic rings. The lowest BCUT2D eigenvalue weighted by Crippen LogP contribution is -2.12. The average molecular weight is 220 g/mol. The van der Waals surface area contributed by atoms with Gasteiger partial charge in [-0.1, -0.05) is 18.2 Å². The van der Waals surface area contributed by atoms with Gasteiger partial charge in [0.2, 0.25) is 0 Å². The lowest BCUT2D eigenvalue weighted by Gasteiger charge is -2.14. The fraction of sp³-hybridized carbons (Fsp3) is 0.462. The molecule has 1 aliphatic carbocycles. The van der Waals surface area contributed by atoms with Crippen LogP contribution in [-0.4, -0.2) is 18.2 Å². The molecular formula is C13H16O3. The van der Waals surface area contributed by atoms with Gasteiger partial charge in [0.15, 0.2) is 0 Å². The highest BCUT2D eigenvalue weighted by atomic mass is 16.5. The maximum Gasteiger partial charge on any atom is 0.312 e. The predicted octanol–water partition coefficient (Wildman–Crippen LogP) is 1.94. The molecule has 2 atom stereocenters. The van der Waals surface area contributed by atoms with Gasteiger partial charge < -0.3 is 9.84 Å². The minimum atomic E-state index is -0.375. The van der Waals surface area contributed by atoms with Crippen molar-refractivity contribution < 1.29 is 14.6 Å². The molecule has 0 amide bonds. The Morgan fingerprint density at radius 2 is 2.31 bits per heavy atom. The Kier molecular flexibility index (Phi) is 2.97. The second-order valence-corrected chi connectivity index (χ2v) is 4.21. The fourth-order valence-electron chi connectivity index (χ4n) is 2.37. The summed E-state index contributed by atoms with van der Waals surface area (Å²) in [7, 11) is 1.40. The second-order valence-electron chi connectivity index (χ2n) is 4.21. The molecule has 2 unspecified atom stereocenters. The lowest BCUT2D eigenvalue weighted by molar-refractivity contribution is -0.142. The van der Waals surface area contributed by atoms with Crippen molar-refractivity contribution >= 4 is 5.97 Å². The third-order valence-electron chi connectivity index (χ3n) is 3.30. The van der Waals surface area contributed by atoms with Crippen LogP contribution in [0.15, 0.2) is 18.2 Å². The number of hydrogen-bond donors (Lipinski definition) is 1. The van der Waals surface area contributed by atoms with E-state index in [2.05, 4.69) is 0 Å². The van der Waals surface area contributed by atoms with Crippen molar-refractivity contribution in [1.29, 1.82) is 0 Å². The summed E-state index contributed by atoms with van der Waals surface area (Å²) in [6.45, 7) is 1.84. The number of ether oxygens (including phenoxy) is 1. The molecule has 0 aliphatic heterocycles. The van der Waals surface area contributed by atoms with E-state index in [1.807, 2.05) is 25.1 Å². The minimum Gasteiger partial charge on any atom is -0.469 e. The summed E-state index contributed by atoms with van der Waals surface area (Å²) in [5.74, 6) is -0.486. The zero-order valence-electron chi connectivity index (χ0n) is 9.56. The molecule has 0 heterocycles. The fourth-order valence-corrected chi connectivity index (χ4v) is 2.37. The summed E-state index contributed by atoms with van der Waals surface area (Å²) in [6.07, 6.45) is 1.22. The molecule has 0 saturated heterocycles. The van der Waals surface area contributed by atoms with E-state index in [-0.39, 0.29) is 18.0 Å². The Morgan fingerprint density at radius 3 is 3.00 bits per heavy atom. The summed E-state index contributed by atoms with van der Waals surface area (Å²) in [4.78, 5) is 11.5. The number of methoxy groups -OCH3 is 1. The van der Waals surface area contributed by atoms with E-state index < -0.39 is 0 Å². The van der Waals surface area contributed by atoms with Crippen LogP contribution in [-0.2, 0) is 16.0 Å². The first-order valence-electron chi connectivity index (χ1n) is 5.52. The summed E-state index contributed by atoms with van der Waals surface area (Å²) >= 11 is 0. The highest BCUT2D eigenvalue weighted by molar-refractivity contribution is 5.78. The zero-order valence-corrected chi connectivity index (χ0v) is 9.56. The average Bonchev–Trinajstić information content (AvgIpc) is 2.69. The molecule has 1 aromatic carbocycles. The van der Waals surface area contributed by atoms with Crippen LogP contribution in [0, 0.1) is 0 Å². The topological polar surface area (TPSA) is 46.5 Å². The van der Waals surface area contributed by atoms with Gasteiger partial charge in [0.1, 0.15) is 0 Å². The molecule has 1 aliphatic rings. The molecule has 0 aromatic heterocycles. The van der Waals surface area contributed by atoms with E-state index >= 15 is 0 Å². The molecule has 3 heteroatoms. The van der Waals surface area contributed by atoms with Crippen LogP contribution < -0.4 is 0 Å². The number of aliphatic hydroxyl groups is 1. The van der Waals surface area contributed by atoms with Crippen molar-refractivity contribution in [2.24, 2.45) is 0 Å². The van der Waals surface area contributed by atoms with Crippen LogP contribution >= 0.6 is 0 Å². The normalized spacial score (nSPS) is 20.3. The van der Waals surface area contributed by atoms with E-state index in [0.29, 0.717) is 0 Å². The zero-order chi connectivity index (χ0) is 11.7. The van der Waals surface area contributed by atoms with Gasteiger partial charge in [-0.05, 0) is 36.5 Å². The number of carbonyl (C=O) groups excluding carboxylic acids is 1. The van der Waals surface area contributed by atoms with Crippen molar-refractivity contribution in [3.8, 4) is 0 Å². The van der Waals surface area contributed by atoms with E-state index in [4.69, 9.17) is 4.74 Å². The first-order valence-corrected chi connectivity index (χ1v) is 5.52.